The van der Waals surface area contributed by atoms with Gasteiger partial charge in [0.05, 0.1) is 11.9 Å². The lowest BCUT2D eigenvalue weighted by Crippen LogP contribution is -2.41. The highest BCUT2D eigenvalue weighted by atomic mass is 35.5. The number of halogens is 2. The van der Waals surface area contributed by atoms with Crippen LogP contribution < -0.4 is 14.4 Å². The third-order valence-corrected chi connectivity index (χ3v) is 7.15. The van der Waals surface area contributed by atoms with E-state index in [1.807, 2.05) is 30.3 Å². The highest BCUT2D eigenvalue weighted by molar-refractivity contribution is 7.98. The molecule has 6 nitrogen and oxygen atoms in total. The summed E-state index contributed by atoms with van der Waals surface area (Å²) in [7, 11) is -3.70. The highest BCUT2D eigenvalue weighted by Gasteiger charge is 2.21. The summed E-state index contributed by atoms with van der Waals surface area (Å²) < 4.78 is 45.2. The van der Waals surface area contributed by atoms with Gasteiger partial charge in [-0.05, 0) is 48.5 Å². The maximum absolute atomic E-state index is 13.8. The number of sulfonamides is 1. The first-order chi connectivity index (χ1) is 16.2. The lowest BCUT2D eigenvalue weighted by Gasteiger charge is -2.22. The Hall–Kier alpha value is -2.75. The van der Waals surface area contributed by atoms with Crippen molar-refractivity contribution >= 4 is 45.0 Å². The molecule has 0 aliphatic heterocycles. The number of nitrogens with zero attached hydrogens (tertiary/aromatic N) is 1. The Labute approximate surface area is 208 Å². The number of thioether (sulfide) groups is 1. The van der Waals surface area contributed by atoms with Crippen LogP contribution in [0.25, 0.3) is 0 Å². The van der Waals surface area contributed by atoms with Crippen molar-refractivity contribution in [3.8, 4) is 11.5 Å². The minimum atomic E-state index is -3.70. The summed E-state index contributed by atoms with van der Waals surface area (Å²) in [5.74, 6) is 1.27. The maximum Gasteiger partial charge on any atom is 0.240 e. The first-order valence-corrected chi connectivity index (χ1v) is 13.7. The van der Waals surface area contributed by atoms with Crippen molar-refractivity contribution in [3.63, 3.8) is 0 Å². The lowest BCUT2D eigenvalue weighted by atomic mass is 10.2. The molecule has 0 heterocycles. The molecule has 0 aliphatic carbocycles. The van der Waals surface area contributed by atoms with Gasteiger partial charge >= 0.3 is 0 Å². The van der Waals surface area contributed by atoms with E-state index in [2.05, 4.69) is 5.32 Å². The summed E-state index contributed by atoms with van der Waals surface area (Å²) in [5, 5.41) is 3.06. The molecule has 0 unspecified atom stereocenters. The molecule has 0 saturated carbocycles. The molecule has 3 aromatic rings. The standard InChI is InChI=1S/C24H24ClFN2O4S2/c1-34(30,31)28(18-10-12-20(13-11-18)32-19-6-3-2-4-7-19)16-24(29)27-14-15-33-17-21-22(25)8-5-9-23(21)26/h2-13H,14-17H2,1H3,(H,27,29). The van der Waals surface area contributed by atoms with Crippen molar-refractivity contribution in [2.24, 2.45) is 0 Å². The van der Waals surface area contributed by atoms with Crippen LogP contribution in [0.2, 0.25) is 5.02 Å². The zero-order valence-electron chi connectivity index (χ0n) is 18.4. The van der Waals surface area contributed by atoms with Crippen LogP contribution >= 0.6 is 23.4 Å². The van der Waals surface area contributed by atoms with Crippen molar-refractivity contribution < 1.29 is 22.3 Å². The van der Waals surface area contributed by atoms with Crippen molar-refractivity contribution in [2.45, 2.75) is 5.75 Å². The van der Waals surface area contributed by atoms with Crippen molar-refractivity contribution in [2.75, 3.05) is 29.4 Å². The number of para-hydroxylation sites is 1. The van der Waals surface area contributed by atoms with Crippen LogP contribution in [0, 0.1) is 5.82 Å². The molecule has 1 N–H and O–H groups in total. The van der Waals surface area contributed by atoms with E-state index in [0.29, 0.717) is 45.8 Å². The van der Waals surface area contributed by atoms with Crippen molar-refractivity contribution in [3.05, 3.63) is 89.2 Å². The Morgan fingerprint density at radius 2 is 1.71 bits per heavy atom. The van der Waals surface area contributed by atoms with E-state index in [4.69, 9.17) is 16.3 Å². The Kier molecular flexibility index (Phi) is 9.20. The predicted octanol–water partition coefficient (Wildman–Crippen LogP) is 5.09. The number of carbonyl (C=O) groups is 1. The molecule has 180 valence electrons. The highest BCUT2D eigenvalue weighted by Crippen LogP contribution is 2.26. The average Bonchev–Trinajstić information content (AvgIpc) is 2.79. The molecule has 0 bridgehead atoms. The molecule has 0 aromatic heterocycles. The van der Waals surface area contributed by atoms with Gasteiger partial charge in [-0.3, -0.25) is 9.10 Å². The van der Waals surface area contributed by atoms with Gasteiger partial charge in [0, 0.05) is 28.6 Å². The number of anilines is 1. The molecule has 0 atom stereocenters. The van der Waals surface area contributed by atoms with E-state index in [1.54, 1.807) is 36.4 Å². The molecule has 0 radical (unpaired) electrons. The van der Waals surface area contributed by atoms with E-state index in [9.17, 15) is 17.6 Å². The fraction of sp³-hybridized carbons (Fsp3) is 0.208. The SMILES string of the molecule is CS(=O)(=O)N(CC(=O)NCCSCc1c(F)cccc1Cl)c1ccc(Oc2ccccc2)cc1. The van der Waals surface area contributed by atoms with Gasteiger partial charge in [-0.1, -0.05) is 35.9 Å². The van der Waals surface area contributed by atoms with E-state index in [-0.39, 0.29) is 12.4 Å². The smallest absolute Gasteiger partial charge is 0.240 e. The number of hydrogen-bond acceptors (Lipinski definition) is 5. The van der Waals surface area contributed by atoms with Gasteiger partial charge in [-0.25, -0.2) is 12.8 Å². The van der Waals surface area contributed by atoms with E-state index in [1.165, 1.54) is 17.8 Å². The molecular formula is C24H24ClFN2O4S2. The number of ether oxygens (including phenoxy) is 1. The van der Waals surface area contributed by atoms with Crippen LogP contribution in [0.1, 0.15) is 5.56 Å². The number of carbonyl (C=O) groups excluding carboxylic acids is 1. The number of amides is 1. The number of nitrogens with one attached hydrogen (secondary N) is 1. The molecule has 34 heavy (non-hydrogen) atoms. The van der Waals surface area contributed by atoms with Crippen LogP contribution in [0.15, 0.2) is 72.8 Å². The number of hydrogen-bond donors (Lipinski definition) is 1. The third kappa shape index (κ3) is 7.65. The Morgan fingerprint density at radius 3 is 2.35 bits per heavy atom. The largest absolute Gasteiger partial charge is 0.457 e. The molecule has 0 saturated heterocycles. The fourth-order valence-corrected chi connectivity index (χ4v) is 5.05. The van der Waals surface area contributed by atoms with Crippen molar-refractivity contribution in [1.29, 1.82) is 0 Å². The number of rotatable bonds is 11. The van der Waals surface area contributed by atoms with Crippen molar-refractivity contribution in [1.82, 2.24) is 5.32 Å². The molecule has 3 rings (SSSR count). The Balaban J connectivity index is 1.52. The second kappa shape index (κ2) is 12.1. The molecule has 10 heteroatoms. The van der Waals surface area contributed by atoms with E-state index >= 15 is 0 Å². The lowest BCUT2D eigenvalue weighted by molar-refractivity contribution is -0.119. The Morgan fingerprint density at radius 1 is 1.03 bits per heavy atom. The summed E-state index contributed by atoms with van der Waals surface area (Å²) >= 11 is 7.42. The zero-order valence-corrected chi connectivity index (χ0v) is 20.8. The molecule has 0 spiro atoms. The van der Waals surface area contributed by atoms with Gasteiger partial charge < -0.3 is 10.1 Å². The first-order valence-electron chi connectivity index (χ1n) is 10.3. The zero-order chi connectivity index (χ0) is 24.6. The average molecular weight is 523 g/mol. The van der Waals surface area contributed by atoms with E-state index in [0.717, 1.165) is 10.6 Å². The second-order valence-corrected chi connectivity index (χ2v) is 10.7. The Bertz CT molecular complexity index is 1190. The number of benzene rings is 3. The minimum Gasteiger partial charge on any atom is -0.457 e. The molecule has 1 amide bonds. The normalized spacial score (nSPS) is 11.1. The van der Waals surface area contributed by atoms with E-state index < -0.39 is 15.9 Å². The topological polar surface area (TPSA) is 75.7 Å². The van der Waals surface area contributed by atoms with Gasteiger partial charge in [-0.15, -0.1) is 0 Å². The summed E-state index contributed by atoms with van der Waals surface area (Å²) in [6.07, 6.45) is 1.04. The molecule has 0 fully saturated rings. The minimum absolute atomic E-state index is 0.303. The van der Waals surface area contributed by atoms with Gasteiger partial charge in [0.2, 0.25) is 15.9 Å². The summed E-state index contributed by atoms with van der Waals surface area (Å²) in [5.41, 5.74) is 0.769. The molecule has 3 aromatic carbocycles. The van der Waals surface area contributed by atoms with Crippen LogP contribution in [0.3, 0.4) is 0 Å². The molecule has 0 aliphatic rings. The van der Waals surface area contributed by atoms with Gasteiger partial charge in [0.25, 0.3) is 0 Å². The first kappa shape index (κ1) is 25.9. The fourth-order valence-electron chi connectivity index (χ4n) is 3.00. The summed E-state index contributed by atoms with van der Waals surface area (Å²) in [6, 6.07) is 20.2. The van der Waals surface area contributed by atoms with Crippen LogP contribution in [0.5, 0.6) is 11.5 Å². The third-order valence-electron chi connectivity index (χ3n) is 4.67. The second-order valence-electron chi connectivity index (χ2n) is 7.28. The molecular weight excluding hydrogens is 499 g/mol. The quantitative estimate of drug-likeness (QED) is 0.355. The summed E-state index contributed by atoms with van der Waals surface area (Å²) in [4.78, 5) is 12.4. The van der Waals surface area contributed by atoms with Gasteiger partial charge in [-0.2, -0.15) is 11.8 Å². The van der Waals surface area contributed by atoms with Crippen LogP contribution in [-0.2, 0) is 20.6 Å². The van der Waals surface area contributed by atoms with Crippen LogP contribution in [-0.4, -0.2) is 39.4 Å². The maximum atomic E-state index is 13.8. The summed E-state index contributed by atoms with van der Waals surface area (Å²) in [6.45, 7) is -0.0570. The predicted molar refractivity (Wildman–Crippen MR) is 136 cm³/mol. The van der Waals surface area contributed by atoms with Crippen LogP contribution in [0.4, 0.5) is 10.1 Å². The van der Waals surface area contributed by atoms with Gasteiger partial charge in [0.15, 0.2) is 0 Å². The monoisotopic (exact) mass is 522 g/mol. The van der Waals surface area contributed by atoms with Gasteiger partial charge in [0.1, 0.15) is 23.9 Å².